The van der Waals surface area contributed by atoms with Crippen molar-refractivity contribution >= 4 is 11.9 Å². The Hall–Kier alpha value is -1.10. The van der Waals surface area contributed by atoms with Gasteiger partial charge in [0.2, 0.25) is 5.91 Å². The van der Waals surface area contributed by atoms with Gasteiger partial charge in [-0.3, -0.25) is 4.79 Å². The number of carboxylic acid groups (broad SMARTS) is 1. The van der Waals surface area contributed by atoms with Crippen LogP contribution < -0.4 is 11.1 Å². The number of carbonyl (C=O) groups excluding carboxylic acids is 1. The van der Waals surface area contributed by atoms with Gasteiger partial charge >= 0.3 is 5.97 Å². The molecule has 1 amide bonds. The van der Waals surface area contributed by atoms with E-state index in [1.807, 2.05) is 20.8 Å². The normalized spacial score (nSPS) is 17.9. The molecule has 0 saturated heterocycles. The third-order valence-electron chi connectivity index (χ3n) is 3.18. The molecule has 3 atom stereocenters. The topological polar surface area (TPSA) is 92.4 Å². The Kier molecular flexibility index (Phi) is 6.16. The second-order valence-electron chi connectivity index (χ2n) is 4.79. The number of hydrogen-bond donors (Lipinski definition) is 3. The number of carbonyl (C=O) groups is 2. The molecular formula is C12H24N2O3. The van der Waals surface area contributed by atoms with Crippen molar-refractivity contribution in [2.45, 2.75) is 58.5 Å². The van der Waals surface area contributed by atoms with E-state index in [1.54, 1.807) is 0 Å². The quantitative estimate of drug-likeness (QED) is 0.625. The summed E-state index contributed by atoms with van der Waals surface area (Å²) in [7, 11) is 0. The molecule has 0 radical (unpaired) electrons. The Morgan fingerprint density at radius 2 is 1.94 bits per heavy atom. The van der Waals surface area contributed by atoms with Gasteiger partial charge in [-0.25, -0.2) is 4.79 Å². The van der Waals surface area contributed by atoms with Crippen LogP contribution in [0.2, 0.25) is 0 Å². The average Bonchev–Trinajstić information content (AvgIpc) is 2.26. The monoisotopic (exact) mass is 244 g/mol. The van der Waals surface area contributed by atoms with Crippen LogP contribution in [-0.2, 0) is 9.59 Å². The fraction of sp³-hybridized carbons (Fsp3) is 0.833. The second-order valence-corrected chi connectivity index (χ2v) is 4.79. The average molecular weight is 244 g/mol. The molecule has 0 heterocycles. The SMILES string of the molecule is CCCC(C)(NC(=O)[C@@H](N)[C@@H](C)CC)C(=O)O. The maximum Gasteiger partial charge on any atom is 0.329 e. The van der Waals surface area contributed by atoms with Crippen molar-refractivity contribution in [2.24, 2.45) is 11.7 Å². The summed E-state index contributed by atoms with van der Waals surface area (Å²) in [4.78, 5) is 23.0. The molecule has 1 unspecified atom stereocenters. The lowest BCUT2D eigenvalue weighted by Gasteiger charge is -2.28. The minimum atomic E-state index is -1.23. The van der Waals surface area contributed by atoms with E-state index >= 15 is 0 Å². The van der Waals surface area contributed by atoms with Crippen molar-refractivity contribution in [3.05, 3.63) is 0 Å². The summed E-state index contributed by atoms with van der Waals surface area (Å²) >= 11 is 0. The molecule has 0 spiro atoms. The molecule has 0 aliphatic carbocycles. The standard InChI is InChI=1S/C12H24N2O3/c1-5-7-12(4,11(16)17)14-10(15)9(13)8(3)6-2/h8-9H,5-7,13H2,1-4H3,(H,14,15)(H,16,17)/t8-,9-,12?/m0/s1. The van der Waals surface area contributed by atoms with Crippen LogP contribution in [0.3, 0.4) is 0 Å². The molecule has 0 rings (SSSR count). The van der Waals surface area contributed by atoms with E-state index in [2.05, 4.69) is 5.32 Å². The smallest absolute Gasteiger partial charge is 0.329 e. The van der Waals surface area contributed by atoms with Crippen molar-refractivity contribution in [3.8, 4) is 0 Å². The van der Waals surface area contributed by atoms with E-state index in [9.17, 15) is 9.59 Å². The number of amides is 1. The van der Waals surface area contributed by atoms with E-state index in [1.165, 1.54) is 6.92 Å². The van der Waals surface area contributed by atoms with E-state index in [4.69, 9.17) is 10.8 Å². The summed E-state index contributed by atoms with van der Waals surface area (Å²) in [6, 6.07) is -0.657. The van der Waals surface area contributed by atoms with E-state index in [0.29, 0.717) is 12.8 Å². The molecule has 5 nitrogen and oxygen atoms in total. The summed E-state index contributed by atoms with van der Waals surface area (Å²) < 4.78 is 0. The Bertz CT molecular complexity index is 281. The third kappa shape index (κ3) is 4.34. The highest BCUT2D eigenvalue weighted by atomic mass is 16.4. The van der Waals surface area contributed by atoms with Crippen LogP contribution in [-0.4, -0.2) is 28.6 Å². The van der Waals surface area contributed by atoms with E-state index in [0.717, 1.165) is 6.42 Å². The summed E-state index contributed by atoms with van der Waals surface area (Å²) in [6.45, 7) is 7.21. The predicted octanol–water partition coefficient (Wildman–Crippen LogP) is 1.12. The van der Waals surface area contributed by atoms with Gasteiger partial charge in [-0.05, 0) is 19.3 Å². The lowest BCUT2D eigenvalue weighted by atomic mass is 9.93. The Balaban J connectivity index is 4.67. The second kappa shape index (κ2) is 6.59. The maximum absolute atomic E-state index is 11.8. The van der Waals surface area contributed by atoms with Gasteiger partial charge in [0.15, 0.2) is 0 Å². The van der Waals surface area contributed by atoms with Crippen molar-refractivity contribution < 1.29 is 14.7 Å². The van der Waals surface area contributed by atoms with Crippen LogP contribution in [0.4, 0.5) is 0 Å². The zero-order valence-corrected chi connectivity index (χ0v) is 11.1. The van der Waals surface area contributed by atoms with Gasteiger partial charge in [0, 0.05) is 0 Å². The van der Waals surface area contributed by atoms with Gasteiger partial charge in [-0.1, -0.05) is 33.6 Å². The molecule has 17 heavy (non-hydrogen) atoms. The summed E-state index contributed by atoms with van der Waals surface area (Å²) in [5.74, 6) is -1.38. The van der Waals surface area contributed by atoms with Crippen LogP contribution in [0.5, 0.6) is 0 Å². The molecule has 0 aromatic heterocycles. The first-order chi connectivity index (χ1) is 7.78. The van der Waals surface area contributed by atoms with Crippen molar-refractivity contribution in [3.63, 3.8) is 0 Å². The van der Waals surface area contributed by atoms with Gasteiger partial charge in [0.25, 0.3) is 0 Å². The number of carboxylic acids is 1. The number of nitrogens with one attached hydrogen (secondary N) is 1. The summed E-state index contributed by atoms with van der Waals surface area (Å²) in [5, 5.41) is 11.7. The molecule has 0 aliphatic heterocycles. The fourth-order valence-electron chi connectivity index (χ4n) is 1.59. The minimum Gasteiger partial charge on any atom is -0.480 e. The molecule has 4 N–H and O–H groups in total. The first-order valence-corrected chi connectivity index (χ1v) is 6.09. The third-order valence-corrected chi connectivity index (χ3v) is 3.18. The van der Waals surface area contributed by atoms with Crippen molar-refractivity contribution in [1.29, 1.82) is 0 Å². The van der Waals surface area contributed by atoms with Gasteiger partial charge in [-0.15, -0.1) is 0 Å². The molecule has 0 aliphatic rings. The minimum absolute atomic E-state index is 0.0367. The van der Waals surface area contributed by atoms with Crippen molar-refractivity contribution in [1.82, 2.24) is 5.32 Å². The van der Waals surface area contributed by atoms with Gasteiger partial charge in [-0.2, -0.15) is 0 Å². The highest BCUT2D eigenvalue weighted by molar-refractivity contribution is 5.89. The molecular weight excluding hydrogens is 220 g/mol. The van der Waals surface area contributed by atoms with E-state index in [-0.39, 0.29) is 5.92 Å². The van der Waals surface area contributed by atoms with E-state index < -0.39 is 23.5 Å². The zero-order valence-electron chi connectivity index (χ0n) is 11.1. The molecule has 100 valence electrons. The van der Waals surface area contributed by atoms with Crippen LogP contribution in [0.25, 0.3) is 0 Å². The first kappa shape index (κ1) is 15.9. The Morgan fingerprint density at radius 1 is 1.41 bits per heavy atom. The lowest BCUT2D eigenvalue weighted by Crippen LogP contribution is -2.57. The highest BCUT2D eigenvalue weighted by Crippen LogP contribution is 2.14. The number of hydrogen-bond acceptors (Lipinski definition) is 3. The van der Waals surface area contributed by atoms with Crippen molar-refractivity contribution in [2.75, 3.05) is 0 Å². The number of rotatable bonds is 7. The summed E-state index contributed by atoms with van der Waals surface area (Å²) in [5.41, 5.74) is 4.54. The number of aliphatic carboxylic acids is 1. The van der Waals surface area contributed by atoms with Crippen LogP contribution in [0.1, 0.15) is 47.0 Å². The lowest BCUT2D eigenvalue weighted by molar-refractivity contribution is -0.147. The molecule has 0 saturated carbocycles. The molecule has 0 fully saturated rings. The molecule has 0 aromatic carbocycles. The Morgan fingerprint density at radius 3 is 2.29 bits per heavy atom. The van der Waals surface area contributed by atoms with Crippen LogP contribution in [0, 0.1) is 5.92 Å². The number of nitrogens with two attached hydrogens (primary N) is 1. The molecule has 0 aromatic rings. The zero-order chi connectivity index (χ0) is 13.6. The largest absolute Gasteiger partial charge is 0.480 e. The predicted molar refractivity (Wildman–Crippen MR) is 66.5 cm³/mol. The fourth-order valence-corrected chi connectivity index (χ4v) is 1.59. The van der Waals surface area contributed by atoms with Gasteiger partial charge in [0.1, 0.15) is 5.54 Å². The molecule has 5 heteroatoms. The maximum atomic E-state index is 11.8. The molecule has 0 bridgehead atoms. The van der Waals surface area contributed by atoms with Gasteiger partial charge < -0.3 is 16.2 Å². The first-order valence-electron chi connectivity index (χ1n) is 6.09. The van der Waals surface area contributed by atoms with Gasteiger partial charge in [0.05, 0.1) is 6.04 Å². The van der Waals surface area contributed by atoms with Crippen LogP contribution in [0.15, 0.2) is 0 Å². The highest BCUT2D eigenvalue weighted by Gasteiger charge is 2.35. The summed E-state index contributed by atoms with van der Waals surface area (Å²) in [6.07, 6.45) is 1.86. The van der Waals surface area contributed by atoms with Crippen LogP contribution >= 0.6 is 0 Å². The Labute approximate surface area is 103 Å².